The van der Waals surface area contributed by atoms with Crippen LogP contribution in [0.4, 0.5) is 10.7 Å². The second-order valence-electron chi connectivity index (χ2n) is 8.69. The van der Waals surface area contributed by atoms with Crippen molar-refractivity contribution < 1.29 is 19.1 Å². The molecule has 0 fully saturated rings. The summed E-state index contributed by atoms with van der Waals surface area (Å²) in [6, 6.07) is 13.2. The first kappa shape index (κ1) is 27.1. The number of nitrogens with one attached hydrogen (secondary N) is 1. The van der Waals surface area contributed by atoms with Crippen LogP contribution in [0.1, 0.15) is 59.0 Å². The predicted octanol–water partition coefficient (Wildman–Crippen LogP) is 6.28. The van der Waals surface area contributed by atoms with Crippen LogP contribution in [-0.4, -0.2) is 31.2 Å². The molecular weight excluding hydrogens is 601 g/mol. The van der Waals surface area contributed by atoms with Gasteiger partial charge in [-0.05, 0) is 90.6 Å². The quantitative estimate of drug-likeness (QED) is 0.215. The predicted molar refractivity (Wildman–Crippen MR) is 157 cm³/mol. The summed E-state index contributed by atoms with van der Waals surface area (Å²) in [7, 11) is 0. The number of ether oxygens (including phenoxy) is 2. The lowest BCUT2D eigenvalue weighted by atomic mass is 9.96. The van der Waals surface area contributed by atoms with Crippen molar-refractivity contribution in [3.63, 3.8) is 0 Å². The van der Waals surface area contributed by atoms with Crippen molar-refractivity contribution in [1.82, 2.24) is 0 Å². The van der Waals surface area contributed by atoms with Crippen molar-refractivity contribution >= 4 is 62.6 Å². The maximum atomic E-state index is 13.5. The van der Waals surface area contributed by atoms with E-state index in [2.05, 4.69) is 27.9 Å². The first-order valence-electron chi connectivity index (χ1n) is 12.4. The van der Waals surface area contributed by atoms with Gasteiger partial charge >= 0.3 is 0 Å². The molecule has 3 N–H and O–H groups in total. The smallest absolute Gasteiger partial charge is 0.259 e. The van der Waals surface area contributed by atoms with E-state index < -0.39 is 5.91 Å². The summed E-state index contributed by atoms with van der Waals surface area (Å²) in [6.07, 6.45) is 8.19. The third-order valence-electron chi connectivity index (χ3n) is 5.93. The average Bonchev–Trinajstić information content (AvgIpc) is 3.19. The number of hydrogen-bond donors (Lipinski definition) is 2. The Hall–Kier alpha value is -2.92. The van der Waals surface area contributed by atoms with Gasteiger partial charge in [-0.3, -0.25) is 9.59 Å². The number of para-hydroxylation sites is 1. The van der Waals surface area contributed by atoms with Crippen LogP contribution in [0.15, 0.2) is 47.5 Å². The molecule has 1 heterocycles. The van der Waals surface area contributed by atoms with E-state index in [1.165, 1.54) is 17.7 Å². The van der Waals surface area contributed by atoms with Gasteiger partial charge in [-0.1, -0.05) is 31.0 Å². The van der Waals surface area contributed by atoms with Gasteiger partial charge in [-0.25, -0.2) is 4.99 Å². The van der Waals surface area contributed by atoms with E-state index in [0.29, 0.717) is 28.7 Å². The maximum absolute atomic E-state index is 13.5. The number of halogens is 1. The van der Waals surface area contributed by atoms with Crippen LogP contribution in [0.5, 0.6) is 11.5 Å². The zero-order valence-corrected chi connectivity index (χ0v) is 23.7. The molecule has 0 aliphatic heterocycles. The SMILES string of the molecule is CCOc1cc(C=Nc2sc3c(c2C(=O)Nc2ccccc2)CCCCCC3)cc(I)c1OCC(N)=O. The largest absolute Gasteiger partial charge is 0.490 e. The van der Waals surface area contributed by atoms with Crippen LogP contribution in [0, 0.1) is 3.57 Å². The fourth-order valence-electron chi connectivity index (χ4n) is 4.29. The maximum Gasteiger partial charge on any atom is 0.259 e. The fraction of sp³-hybridized carbons (Fsp3) is 0.321. The molecule has 4 rings (SSSR count). The Morgan fingerprint density at radius 1 is 1.11 bits per heavy atom. The second-order valence-corrected chi connectivity index (χ2v) is 10.9. The normalized spacial score (nSPS) is 13.5. The lowest BCUT2D eigenvalue weighted by molar-refractivity contribution is -0.120. The van der Waals surface area contributed by atoms with Gasteiger partial charge in [-0.2, -0.15) is 0 Å². The minimum atomic E-state index is -0.557. The molecule has 1 aliphatic carbocycles. The molecule has 7 nitrogen and oxygen atoms in total. The molecule has 9 heteroatoms. The van der Waals surface area contributed by atoms with E-state index in [-0.39, 0.29) is 12.5 Å². The van der Waals surface area contributed by atoms with Crippen molar-refractivity contribution in [3.8, 4) is 11.5 Å². The topological polar surface area (TPSA) is 103 Å². The van der Waals surface area contributed by atoms with Crippen LogP contribution in [-0.2, 0) is 17.6 Å². The number of rotatable bonds is 9. The molecule has 3 aromatic rings. The van der Waals surface area contributed by atoms with E-state index in [9.17, 15) is 9.59 Å². The summed E-state index contributed by atoms with van der Waals surface area (Å²) < 4.78 is 12.1. The highest BCUT2D eigenvalue weighted by atomic mass is 127. The summed E-state index contributed by atoms with van der Waals surface area (Å²) in [5.41, 5.74) is 8.60. The highest BCUT2D eigenvalue weighted by Crippen LogP contribution is 2.40. The molecule has 0 saturated carbocycles. The number of fused-ring (bicyclic) bond motifs is 1. The summed E-state index contributed by atoms with van der Waals surface area (Å²) in [5, 5.41) is 3.76. The lowest BCUT2D eigenvalue weighted by Gasteiger charge is -2.13. The van der Waals surface area contributed by atoms with Crippen LogP contribution >= 0.6 is 33.9 Å². The first-order chi connectivity index (χ1) is 18.0. The van der Waals surface area contributed by atoms with Gasteiger partial charge in [-0.15, -0.1) is 11.3 Å². The number of amides is 2. The van der Waals surface area contributed by atoms with Crippen LogP contribution in [0.3, 0.4) is 0 Å². The molecule has 1 aliphatic rings. The Labute approximate surface area is 234 Å². The number of nitrogens with zero attached hydrogens (tertiary/aromatic N) is 1. The number of aryl methyl sites for hydroxylation is 1. The molecule has 0 unspecified atom stereocenters. The van der Waals surface area contributed by atoms with Gasteiger partial charge < -0.3 is 20.5 Å². The number of aliphatic imine (C=N–C) groups is 1. The van der Waals surface area contributed by atoms with Gasteiger partial charge in [0.2, 0.25) is 0 Å². The fourth-order valence-corrected chi connectivity index (χ4v) is 6.30. The number of primary amides is 1. The monoisotopic (exact) mass is 631 g/mol. The molecule has 2 amide bonds. The van der Waals surface area contributed by atoms with E-state index >= 15 is 0 Å². The Bertz CT molecular complexity index is 1290. The molecule has 194 valence electrons. The molecule has 2 aromatic carbocycles. The lowest BCUT2D eigenvalue weighted by Crippen LogP contribution is -2.20. The number of benzene rings is 2. The van der Waals surface area contributed by atoms with Crippen molar-refractivity contribution in [2.45, 2.75) is 45.4 Å². The molecule has 0 spiro atoms. The van der Waals surface area contributed by atoms with E-state index in [0.717, 1.165) is 46.1 Å². The summed E-state index contributed by atoms with van der Waals surface area (Å²) >= 11 is 3.75. The molecule has 0 atom stereocenters. The summed E-state index contributed by atoms with van der Waals surface area (Å²) in [5.74, 6) is 0.299. The van der Waals surface area contributed by atoms with Crippen molar-refractivity contribution in [3.05, 3.63) is 67.6 Å². The van der Waals surface area contributed by atoms with E-state index in [1.807, 2.05) is 49.4 Å². The zero-order chi connectivity index (χ0) is 26.2. The minimum Gasteiger partial charge on any atom is -0.490 e. The van der Waals surface area contributed by atoms with Crippen LogP contribution in [0.2, 0.25) is 0 Å². The number of carbonyl (C=O) groups excluding carboxylic acids is 2. The Morgan fingerprint density at radius 3 is 2.59 bits per heavy atom. The Kier molecular flexibility index (Phi) is 9.56. The van der Waals surface area contributed by atoms with Crippen molar-refractivity contribution in [1.29, 1.82) is 0 Å². The highest BCUT2D eigenvalue weighted by Gasteiger charge is 2.24. The van der Waals surface area contributed by atoms with E-state index in [1.54, 1.807) is 17.6 Å². The standard InChI is InChI=1S/C28H30IN3O4S/c1-2-35-22-15-18(14-21(29)26(22)36-17-24(30)33)16-31-28-25(27(34)32-19-10-6-5-7-11-19)20-12-8-3-4-9-13-23(20)37-28/h5-7,10-11,14-16H,2-4,8-9,12-13,17H2,1H3,(H2,30,33)(H,32,34). The molecule has 1 aromatic heterocycles. The Morgan fingerprint density at radius 2 is 1.86 bits per heavy atom. The number of nitrogens with two attached hydrogens (primary N) is 1. The van der Waals surface area contributed by atoms with Gasteiger partial charge in [0.1, 0.15) is 5.00 Å². The molecule has 0 bridgehead atoms. The second kappa shape index (κ2) is 13.0. The number of anilines is 1. The van der Waals surface area contributed by atoms with Crippen molar-refractivity contribution in [2.24, 2.45) is 10.7 Å². The molecular formula is C28H30IN3O4S. The Balaban J connectivity index is 1.69. The molecule has 0 saturated heterocycles. The molecule has 0 radical (unpaired) electrons. The van der Waals surface area contributed by atoms with Crippen LogP contribution < -0.4 is 20.5 Å². The number of hydrogen-bond acceptors (Lipinski definition) is 6. The summed E-state index contributed by atoms with van der Waals surface area (Å²) in [6.45, 7) is 2.08. The van der Waals surface area contributed by atoms with E-state index in [4.69, 9.17) is 20.2 Å². The minimum absolute atomic E-state index is 0.129. The highest BCUT2D eigenvalue weighted by molar-refractivity contribution is 14.1. The number of carbonyl (C=O) groups is 2. The third kappa shape index (κ3) is 7.10. The van der Waals surface area contributed by atoms with Crippen LogP contribution in [0.25, 0.3) is 0 Å². The number of thiophene rings is 1. The van der Waals surface area contributed by atoms with Gasteiger partial charge in [0.15, 0.2) is 18.1 Å². The first-order valence-corrected chi connectivity index (χ1v) is 14.3. The average molecular weight is 632 g/mol. The zero-order valence-electron chi connectivity index (χ0n) is 20.7. The summed E-state index contributed by atoms with van der Waals surface area (Å²) in [4.78, 5) is 30.8. The van der Waals surface area contributed by atoms with Crippen molar-refractivity contribution in [2.75, 3.05) is 18.5 Å². The third-order valence-corrected chi connectivity index (χ3v) is 7.93. The van der Waals surface area contributed by atoms with Gasteiger partial charge in [0.25, 0.3) is 11.8 Å². The van der Waals surface area contributed by atoms with Gasteiger partial charge in [0.05, 0.1) is 15.7 Å². The molecule has 37 heavy (non-hydrogen) atoms. The van der Waals surface area contributed by atoms with Gasteiger partial charge in [0, 0.05) is 16.8 Å².